The van der Waals surface area contributed by atoms with Crippen molar-refractivity contribution in [1.29, 1.82) is 0 Å². The van der Waals surface area contributed by atoms with E-state index in [1.54, 1.807) is 34.3 Å². The summed E-state index contributed by atoms with van der Waals surface area (Å²) in [5, 5.41) is 0.243. The van der Waals surface area contributed by atoms with Gasteiger partial charge in [-0.2, -0.15) is 9.97 Å². The number of pyridine rings is 4. The summed E-state index contributed by atoms with van der Waals surface area (Å²) in [6.07, 6.45) is 5.28. The third kappa shape index (κ3) is 16.9. The number of benzene rings is 4. The van der Waals surface area contributed by atoms with Gasteiger partial charge in [0.15, 0.2) is 16.8 Å². The Morgan fingerprint density at radius 3 is 1.43 bits per heavy atom. The van der Waals surface area contributed by atoms with Crippen LogP contribution in [0.25, 0.3) is 44.4 Å². The maximum atomic E-state index is 17.1. The molecule has 0 unspecified atom stereocenters. The van der Waals surface area contributed by atoms with Crippen molar-refractivity contribution in [2.75, 3.05) is 63.3 Å². The molecule has 10 aromatic rings. The number of amides is 2. The Bertz CT molecular complexity index is 4790. The molecular weight excluding hydrogens is 1380 g/mol. The zero-order chi connectivity index (χ0) is 71.8. The average molecular weight is 1450 g/mol. The number of nitrogens with zero attached hydrogens (tertiary/aromatic N) is 12. The first-order valence-corrected chi connectivity index (χ1v) is 32.5. The second kappa shape index (κ2) is 34.8. The molecule has 0 aliphatic carbocycles. The van der Waals surface area contributed by atoms with Crippen LogP contribution in [0.5, 0.6) is 11.5 Å². The predicted molar refractivity (Wildman–Crippen MR) is 371 cm³/mol. The van der Waals surface area contributed by atoms with Crippen LogP contribution in [0.15, 0.2) is 144 Å². The second-order valence-corrected chi connectivity index (χ2v) is 24.8. The van der Waals surface area contributed by atoms with Crippen molar-refractivity contribution in [3.8, 4) is 34.1 Å². The molecule has 2 amide bonds. The first kappa shape index (κ1) is 78.7. The second-order valence-electron chi connectivity index (χ2n) is 24.5. The molecule has 4 aromatic carbocycles. The van der Waals surface area contributed by atoms with Crippen molar-refractivity contribution in [3.05, 3.63) is 217 Å². The van der Waals surface area contributed by atoms with Gasteiger partial charge in [-0.1, -0.05) is 112 Å². The number of hydrogen-bond acceptors (Lipinski definition) is 16. The molecule has 20 nitrogen and oxygen atoms in total. The van der Waals surface area contributed by atoms with E-state index in [-0.39, 0.29) is 162 Å². The van der Waals surface area contributed by atoms with Gasteiger partial charge in [-0.05, 0) is 98.2 Å². The molecule has 0 spiro atoms. The summed E-state index contributed by atoms with van der Waals surface area (Å²) in [6.45, 7) is 17.4. The Kier molecular flexibility index (Phi) is 26.8. The van der Waals surface area contributed by atoms with Crippen LogP contribution in [0.1, 0.15) is 87.0 Å². The van der Waals surface area contributed by atoms with Gasteiger partial charge in [0, 0.05) is 76.1 Å². The summed E-state index contributed by atoms with van der Waals surface area (Å²) in [5.74, 6) is -3.08. The number of aryl methyl sites for hydroxylation is 2. The fraction of sp³-hybridized carbons (Fsp3) is 0.306. The maximum Gasteiger partial charge on any atom is 1.00 e. The Balaban J connectivity index is 0.000000221. The molecule has 0 N–H and O–H groups in total. The topological polar surface area (TPSA) is 205 Å². The number of piperazine rings is 2. The monoisotopic (exact) mass is 1450 g/mol. The van der Waals surface area contributed by atoms with Gasteiger partial charge in [-0.25, -0.2) is 41.7 Å². The molecular formula is C72H72BClF7KN12O8. The van der Waals surface area contributed by atoms with Crippen molar-refractivity contribution in [2.45, 2.75) is 92.5 Å². The molecule has 2 fully saturated rings. The van der Waals surface area contributed by atoms with Crippen LogP contribution >= 0.6 is 11.6 Å². The summed E-state index contributed by atoms with van der Waals surface area (Å²) < 4.78 is 109. The van der Waals surface area contributed by atoms with Crippen molar-refractivity contribution in [3.63, 3.8) is 0 Å². The fourth-order valence-corrected chi connectivity index (χ4v) is 12.3. The van der Waals surface area contributed by atoms with Crippen LogP contribution in [-0.4, -0.2) is 134 Å². The summed E-state index contributed by atoms with van der Waals surface area (Å²) in [5.41, 5.74) is 2.63. The first-order valence-electron chi connectivity index (χ1n) is 32.1. The molecule has 0 radical (unpaired) electrons. The number of carbonyl (C=O) groups is 2. The predicted octanol–water partition coefficient (Wildman–Crippen LogP) is 7.13. The fourth-order valence-electron chi connectivity index (χ4n) is 12.2. The van der Waals surface area contributed by atoms with E-state index in [2.05, 4.69) is 34.6 Å². The van der Waals surface area contributed by atoms with Crippen molar-refractivity contribution < 1.29 is 111 Å². The van der Waals surface area contributed by atoms with Crippen molar-refractivity contribution in [2.24, 2.45) is 0 Å². The van der Waals surface area contributed by atoms with Crippen molar-refractivity contribution in [1.82, 2.24) is 48.8 Å². The minimum atomic E-state index is -2.85. The molecule has 0 bridgehead atoms. The summed E-state index contributed by atoms with van der Waals surface area (Å²) in [7, 11) is -0.261. The van der Waals surface area contributed by atoms with E-state index in [1.807, 2.05) is 126 Å². The number of halogens is 8. The number of aromatic nitrogens is 8. The van der Waals surface area contributed by atoms with E-state index < -0.39 is 59.6 Å². The van der Waals surface area contributed by atoms with E-state index >= 15 is 13.2 Å². The maximum absolute atomic E-state index is 17.1. The number of rotatable bonds is 14. The number of anilines is 2. The van der Waals surface area contributed by atoms with E-state index in [1.165, 1.54) is 66.1 Å². The molecule has 2 saturated heterocycles. The molecule has 30 heteroatoms. The zero-order valence-electron chi connectivity index (χ0n) is 57.9. The van der Waals surface area contributed by atoms with Gasteiger partial charge >= 0.3 is 82.2 Å². The molecule has 528 valence electrons. The van der Waals surface area contributed by atoms with E-state index in [9.17, 15) is 32.2 Å². The summed E-state index contributed by atoms with van der Waals surface area (Å²) in [6, 6.07) is 29.6. The minimum Gasteiger partial charge on any atom is -1.00 e. The van der Waals surface area contributed by atoms with E-state index in [0.29, 0.717) is 59.9 Å². The Hall–Kier alpha value is -9.00. The number of methoxy groups -OCH3 is 2. The van der Waals surface area contributed by atoms with Gasteiger partial charge in [-0.3, -0.25) is 32.7 Å². The Morgan fingerprint density at radius 2 is 1.01 bits per heavy atom. The quantitative estimate of drug-likeness (QED) is 0.0603. The molecule has 12 rings (SSSR count). The smallest absolute Gasteiger partial charge is 1.00 e. The number of hydrogen-bond donors (Lipinski definition) is 0. The SMILES string of the molecule is COc1cccc(F)c1-c1ncc2c(N3CCN(C(=O)OCc4ccccc4)C[C@@H]3C)nc(=O)n(-c3c(C)ccnc3C(C)C)c2c1F.COc1cccc(F)c1B(F)F.Cc1ccnc(C(C)C)c1-n1c(=O)nc(N2CCN(C(=O)OCc3ccccc3)C[C@@H]2C)c2cnc(Cl)c(F)c21.[F-].[K+]. The van der Waals surface area contributed by atoms with Gasteiger partial charge in [0.25, 0.3) is 0 Å². The molecule has 8 heterocycles. The Morgan fingerprint density at radius 1 is 0.578 bits per heavy atom. The van der Waals surface area contributed by atoms with Crippen LogP contribution in [0.2, 0.25) is 5.15 Å². The zero-order valence-corrected chi connectivity index (χ0v) is 61.8. The molecule has 102 heavy (non-hydrogen) atoms. The van der Waals surface area contributed by atoms with Crippen LogP contribution in [0.3, 0.4) is 0 Å². The minimum absolute atomic E-state index is 0. The van der Waals surface area contributed by atoms with E-state index in [4.69, 9.17) is 25.8 Å². The van der Waals surface area contributed by atoms with Crippen LogP contribution in [-0.2, 0) is 22.7 Å². The van der Waals surface area contributed by atoms with Gasteiger partial charge in [0.2, 0.25) is 0 Å². The van der Waals surface area contributed by atoms with Gasteiger partial charge in [0.1, 0.15) is 64.7 Å². The third-order valence-corrected chi connectivity index (χ3v) is 17.4. The molecule has 6 aromatic heterocycles. The van der Waals surface area contributed by atoms with Crippen LogP contribution in [0, 0.1) is 37.1 Å². The van der Waals surface area contributed by atoms with Gasteiger partial charge < -0.3 is 43.3 Å². The van der Waals surface area contributed by atoms with Crippen LogP contribution in [0.4, 0.5) is 47.4 Å². The number of carbonyl (C=O) groups excluding carboxylic acids is 2. The average Bonchev–Trinajstić information content (AvgIpc) is 0.737. The molecule has 2 aliphatic heterocycles. The molecule has 2 aliphatic rings. The van der Waals surface area contributed by atoms with Crippen molar-refractivity contribution >= 4 is 70.0 Å². The Labute approximate surface area is 631 Å². The summed E-state index contributed by atoms with van der Waals surface area (Å²) >= 11 is 6.13. The van der Waals surface area contributed by atoms with Crippen LogP contribution < -0.4 is 92.2 Å². The van der Waals surface area contributed by atoms with E-state index in [0.717, 1.165) is 22.8 Å². The van der Waals surface area contributed by atoms with Gasteiger partial charge in [-0.15, -0.1) is 0 Å². The molecule has 0 saturated carbocycles. The molecule has 2 atom stereocenters. The number of ether oxygens (including phenoxy) is 4. The first-order chi connectivity index (χ1) is 47.9. The third-order valence-electron chi connectivity index (χ3n) is 17.1. The largest absolute Gasteiger partial charge is 1.00 e. The standard InChI is InChI=1S/C36H36F2N6O4.C29H30ClFN6O3.C7H6BF3O.FH.K/c1-21(2)30-32(22(3)14-15-39-30)44-33-25(18-40-31(29(33)38)28-26(37)12-9-13-27(28)47-5)34(41-35(44)45)43-17-16-42(19-23(43)4)36(46)48-20-24-10-7-6-8-11-24;1-17(2)23-24(18(3)10-11-32-23)37-25-21(14-33-26(30)22(25)31)27(34-28(37)38)36-13-12-35(15-19(36)4)29(39)40-16-20-8-6-5-7-9-20;1-12-6-4-2-3-5(9)7(6)8(10)11;;/h6-15,18,21,23H,16-17,19-20H2,1-5H3;5-11,14,17,19H,12-13,15-16H2,1-4H3;2-4H,1H3;1H;/q;;;;+1/p-1/t23-;19-;;;/m00.../s1. The number of fused-ring (bicyclic) bond motifs is 2. The summed E-state index contributed by atoms with van der Waals surface area (Å²) in [4.78, 5) is 86.9. The van der Waals surface area contributed by atoms with Gasteiger partial charge in [0.05, 0.1) is 58.8 Å². The normalized spacial score (nSPS) is 14.3.